The maximum absolute atomic E-state index is 11.7. The van der Waals surface area contributed by atoms with Gasteiger partial charge in [-0.15, -0.1) is 5.10 Å². The van der Waals surface area contributed by atoms with Gasteiger partial charge in [-0.05, 0) is 38.0 Å². The SMILES string of the molecule is CC(O)CCNC(=O)NC(C)c1ccc(-n2ccnn2)cc1. The van der Waals surface area contributed by atoms with Crippen LogP contribution in [0.5, 0.6) is 0 Å². The molecule has 0 spiro atoms. The summed E-state index contributed by atoms with van der Waals surface area (Å²) in [6.45, 7) is 4.05. The van der Waals surface area contributed by atoms with Crippen LogP contribution in [0.2, 0.25) is 0 Å². The van der Waals surface area contributed by atoms with Gasteiger partial charge in [-0.25, -0.2) is 9.48 Å². The minimum atomic E-state index is -0.415. The van der Waals surface area contributed by atoms with E-state index >= 15 is 0 Å². The van der Waals surface area contributed by atoms with Gasteiger partial charge in [-0.3, -0.25) is 0 Å². The van der Waals surface area contributed by atoms with Crippen molar-refractivity contribution in [2.75, 3.05) is 6.54 Å². The maximum Gasteiger partial charge on any atom is 0.315 e. The molecule has 3 N–H and O–H groups in total. The minimum Gasteiger partial charge on any atom is -0.393 e. The van der Waals surface area contributed by atoms with E-state index in [4.69, 9.17) is 5.11 Å². The minimum absolute atomic E-state index is 0.114. The van der Waals surface area contributed by atoms with E-state index in [1.54, 1.807) is 24.0 Å². The van der Waals surface area contributed by atoms with E-state index in [2.05, 4.69) is 20.9 Å². The van der Waals surface area contributed by atoms with Gasteiger partial charge in [-0.2, -0.15) is 0 Å². The number of aromatic nitrogens is 3. The first-order chi connectivity index (χ1) is 10.6. The quantitative estimate of drug-likeness (QED) is 0.752. The molecule has 0 bridgehead atoms. The number of aliphatic hydroxyl groups excluding tert-OH is 1. The third-order valence-electron chi connectivity index (χ3n) is 3.28. The number of hydrogen-bond donors (Lipinski definition) is 3. The van der Waals surface area contributed by atoms with Gasteiger partial charge in [-0.1, -0.05) is 17.3 Å². The molecule has 0 fully saturated rings. The molecule has 0 aliphatic rings. The summed E-state index contributed by atoms with van der Waals surface area (Å²) in [5.74, 6) is 0. The van der Waals surface area contributed by atoms with Crippen molar-refractivity contribution in [1.29, 1.82) is 0 Å². The largest absolute Gasteiger partial charge is 0.393 e. The van der Waals surface area contributed by atoms with Crippen molar-refractivity contribution in [1.82, 2.24) is 25.6 Å². The molecule has 0 aliphatic heterocycles. The van der Waals surface area contributed by atoms with Crippen LogP contribution in [-0.2, 0) is 0 Å². The Morgan fingerprint density at radius 1 is 1.32 bits per heavy atom. The van der Waals surface area contributed by atoms with Crippen molar-refractivity contribution in [3.63, 3.8) is 0 Å². The molecule has 2 amide bonds. The molecule has 22 heavy (non-hydrogen) atoms. The molecule has 0 aliphatic carbocycles. The molecule has 0 saturated heterocycles. The van der Waals surface area contributed by atoms with Gasteiger partial charge >= 0.3 is 6.03 Å². The molecule has 7 nitrogen and oxygen atoms in total. The zero-order valence-electron chi connectivity index (χ0n) is 12.7. The highest BCUT2D eigenvalue weighted by Crippen LogP contribution is 2.14. The van der Waals surface area contributed by atoms with Crippen LogP contribution in [-0.4, -0.2) is 38.8 Å². The topological polar surface area (TPSA) is 92.1 Å². The summed E-state index contributed by atoms with van der Waals surface area (Å²) in [7, 11) is 0. The molecule has 2 atom stereocenters. The van der Waals surface area contributed by atoms with Crippen LogP contribution in [0.25, 0.3) is 5.69 Å². The molecule has 1 heterocycles. The lowest BCUT2D eigenvalue weighted by atomic mass is 10.1. The number of benzene rings is 1. The fourth-order valence-corrected chi connectivity index (χ4v) is 1.99. The molecule has 118 valence electrons. The number of rotatable bonds is 6. The lowest BCUT2D eigenvalue weighted by molar-refractivity contribution is 0.183. The van der Waals surface area contributed by atoms with Gasteiger partial charge in [0.05, 0.1) is 30.2 Å². The van der Waals surface area contributed by atoms with Crippen LogP contribution >= 0.6 is 0 Å². The van der Waals surface area contributed by atoms with Crippen molar-refractivity contribution < 1.29 is 9.90 Å². The second kappa shape index (κ2) is 7.56. The second-order valence-electron chi connectivity index (χ2n) is 5.20. The first-order valence-corrected chi connectivity index (χ1v) is 7.25. The van der Waals surface area contributed by atoms with E-state index in [0.717, 1.165) is 11.3 Å². The summed E-state index contributed by atoms with van der Waals surface area (Å²) < 4.78 is 1.67. The van der Waals surface area contributed by atoms with Gasteiger partial charge < -0.3 is 15.7 Å². The Bertz CT molecular complexity index is 580. The Morgan fingerprint density at radius 3 is 2.64 bits per heavy atom. The zero-order chi connectivity index (χ0) is 15.9. The Labute approximate surface area is 129 Å². The average Bonchev–Trinajstić information content (AvgIpc) is 3.01. The van der Waals surface area contributed by atoms with Crippen molar-refractivity contribution in [2.24, 2.45) is 0 Å². The Kier molecular flexibility index (Phi) is 5.48. The highest BCUT2D eigenvalue weighted by atomic mass is 16.3. The van der Waals surface area contributed by atoms with Crippen LogP contribution in [0.1, 0.15) is 31.9 Å². The van der Waals surface area contributed by atoms with Crippen molar-refractivity contribution in [3.8, 4) is 5.69 Å². The summed E-state index contributed by atoms with van der Waals surface area (Å²) in [5, 5.41) is 22.4. The zero-order valence-corrected chi connectivity index (χ0v) is 12.7. The second-order valence-corrected chi connectivity index (χ2v) is 5.20. The summed E-state index contributed by atoms with van der Waals surface area (Å²) in [4.78, 5) is 11.7. The van der Waals surface area contributed by atoms with Crippen molar-refractivity contribution >= 4 is 6.03 Å². The average molecular weight is 303 g/mol. The van der Waals surface area contributed by atoms with Crippen molar-refractivity contribution in [3.05, 3.63) is 42.2 Å². The highest BCUT2D eigenvalue weighted by molar-refractivity contribution is 5.74. The molecule has 1 aromatic carbocycles. The number of hydrogen-bond acceptors (Lipinski definition) is 4. The van der Waals surface area contributed by atoms with Gasteiger partial charge in [0.15, 0.2) is 0 Å². The van der Waals surface area contributed by atoms with Gasteiger partial charge in [0, 0.05) is 6.54 Å². The summed E-state index contributed by atoms with van der Waals surface area (Å²) in [6, 6.07) is 7.38. The van der Waals surface area contributed by atoms with Gasteiger partial charge in [0.25, 0.3) is 0 Å². The fourth-order valence-electron chi connectivity index (χ4n) is 1.99. The number of aliphatic hydroxyl groups is 1. The van der Waals surface area contributed by atoms with Crippen LogP contribution in [0.3, 0.4) is 0 Å². The number of amides is 2. The standard InChI is InChI=1S/C15H21N5O2/c1-11(21)7-8-16-15(22)18-12(2)13-3-5-14(6-4-13)20-10-9-17-19-20/h3-6,9-12,21H,7-8H2,1-2H3,(H2,16,18,22). The first kappa shape index (κ1) is 16.0. The monoisotopic (exact) mass is 303 g/mol. The normalized spacial score (nSPS) is 13.4. The predicted molar refractivity (Wildman–Crippen MR) is 82.6 cm³/mol. The molecule has 0 radical (unpaired) electrons. The van der Waals surface area contributed by atoms with Crippen LogP contribution < -0.4 is 10.6 Å². The van der Waals surface area contributed by atoms with E-state index in [1.807, 2.05) is 31.2 Å². The van der Waals surface area contributed by atoms with Crippen LogP contribution in [0, 0.1) is 0 Å². The number of carbonyl (C=O) groups excluding carboxylic acids is 1. The van der Waals surface area contributed by atoms with E-state index in [0.29, 0.717) is 13.0 Å². The lowest BCUT2D eigenvalue weighted by Gasteiger charge is -2.16. The molecular weight excluding hydrogens is 282 g/mol. The van der Waals surface area contributed by atoms with Crippen molar-refractivity contribution in [2.45, 2.75) is 32.4 Å². The predicted octanol–water partition coefficient (Wildman–Crippen LogP) is 1.40. The first-order valence-electron chi connectivity index (χ1n) is 7.25. The van der Waals surface area contributed by atoms with E-state index < -0.39 is 6.10 Å². The molecule has 2 rings (SSSR count). The Balaban J connectivity index is 1.87. The number of urea groups is 1. The molecular formula is C15H21N5O2. The van der Waals surface area contributed by atoms with Gasteiger partial charge in [0.2, 0.25) is 0 Å². The van der Waals surface area contributed by atoms with Gasteiger partial charge in [0.1, 0.15) is 0 Å². The molecule has 2 aromatic rings. The third-order valence-corrected chi connectivity index (χ3v) is 3.28. The third kappa shape index (κ3) is 4.56. The molecule has 1 aromatic heterocycles. The highest BCUT2D eigenvalue weighted by Gasteiger charge is 2.09. The smallest absolute Gasteiger partial charge is 0.315 e. The number of carbonyl (C=O) groups is 1. The van der Waals surface area contributed by atoms with E-state index in [9.17, 15) is 4.79 Å². The Morgan fingerprint density at radius 2 is 2.05 bits per heavy atom. The summed E-state index contributed by atoms with van der Waals surface area (Å²) in [6.07, 6.45) is 3.51. The van der Waals surface area contributed by atoms with E-state index in [1.165, 1.54) is 0 Å². The summed E-state index contributed by atoms with van der Waals surface area (Å²) >= 11 is 0. The number of nitrogens with zero attached hydrogens (tertiary/aromatic N) is 3. The summed E-state index contributed by atoms with van der Waals surface area (Å²) in [5.41, 5.74) is 1.91. The van der Waals surface area contributed by atoms with E-state index in [-0.39, 0.29) is 12.1 Å². The maximum atomic E-state index is 11.7. The Hall–Kier alpha value is -2.41. The fraction of sp³-hybridized carbons (Fsp3) is 0.400. The molecule has 2 unspecified atom stereocenters. The number of nitrogens with one attached hydrogen (secondary N) is 2. The van der Waals surface area contributed by atoms with Crippen LogP contribution in [0.15, 0.2) is 36.7 Å². The lowest BCUT2D eigenvalue weighted by Crippen LogP contribution is -2.38. The molecule has 7 heteroatoms. The molecule has 0 saturated carbocycles. The van der Waals surface area contributed by atoms with Crippen LogP contribution in [0.4, 0.5) is 4.79 Å².